The van der Waals surface area contributed by atoms with E-state index in [1.165, 1.54) is 0 Å². The number of hydrogen-bond acceptors (Lipinski definition) is 6. The van der Waals surface area contributed by atoms with Crippen molar-refractivity contribution in [3.8, 4) is 0 Å². The summed E-state index contributed by atoms with van der Waals surface area (Å²) in [6, 6.07) is 2.14. The summed E-state index contributed by atoms with van der Waals surface area (Å²) < 4.78 is 5.41. The lowest BCUT2D eigenvalue weighted by Gasteiger charge is -2.29. The van der Waals surface area contributed by atoms with E-state index in [0.29, 0.717) is 6.61 Å². The van der Waals surface area contributed by atoms with Crippen molar-refractivity contribution in [1.29, 1.82) is 0 Å². The predicted octanol–water partition coefficient (Wildman–Crippen LogP) is 0.914. The predicted molar refractivity (Wildman–Crippen MR) is 81.7 cm³/mol. The summed E-state index contributed by atoms with van der Waals surface area (Å²) in [6.45, 7) is 1.37. The molecule has 0 radical (unpaired) electrons. The highest BCUT2D eigenvalue weighted by Crippen LogP contribution is 2.15. The Morgan fingerprint density at radius 2 is 2.11 bits per heavy atom. The van der Waals surface area contributed by atoms with Crippen LogP contribution in [-0.4, -0.2) is 49.4 Å². The third-order valence-electron chi connectivity index (χ3n) is 2.85. The average molecular weight is 310 g/mol. The lowest BCUT2D eigenvalue weighted by Crippen LogP contribution is -2.47. The molecule has 2 rings (SSSR count). The van der Waals surface area contributed by atoms with E-state index in [1.807, 2.05) is 25.1 Å². The van der Waals surface area contributed by atoms with Gasteiger partial charge in [0, 0.05) is 32.8 Å². The number of nitrogens with zero attached hydrogens (tertiary/aromatic N) is 3. The third kappa shape index (κ3) is 4.99. The number of nitrogens with two attached hydrogens (primary N) is 1. The van der Waals surface area contributed by atoms with Crippen LogP contribution in [0.15, 0.2) is 12.4 Å². The van der Waals surface area contributed by atoms with E-state index in [9.17, 15) is 0 Å². The van der Waals surface area contributed by atoms with E-state index in [-0.39, 0.29) is 36.9 Å². The molecule has 110 valence electrons. The van der Waals surface area contributed by atoms with Gasteiger partial charge in [0.15, 0.2) is 0 Å². The van der Waals surface area contributed by atoms with Crippen LogP contribution >= 0.6 is 24.8 Å². The molecule has 1 aromatic rings. The van der Waals surface area contributed by atoms with Crippen LogP contribution < -0.4 is 16.0 Å². The lowest BCUT2D eigenvalue weighted by atomic mass is 10.1. The molecule has 19 heavy (non-hydrogen) atoms. The zero-order chi connectivity index (χ0) is 12.3. The number of halogens is 2. The summed E-state index contributed by atoms with van der Waals surface area (Å²) in [5.74, 6) is 1.66. The molecule has 1 fully saturated rings. The first-order chi connectivity index (χ1) is 8.16. The van der Waals surface area contributed by atoms with Gasteiger partial charge in [-0.1, -0.05) is 0 Å². The fraction of sp³-hybridized carbons (Fsp3) is 0.636. The van der Waals surface area contributed by atoms with Crippen molar-refractivity contribution in [2.24, 2.45) is 5.73 Å². The monoisotopic (exact) mass is 309 g/mol. The molecule has 0 spiro atoms. The number of rotatable bonds is 3. The van der Waals surface area contributed by atoms with Crippen molar-refractivity contribution < 1.29 is 4.74 Å². The topological polar surface area (TPSA) is 76.3 Å². The maximum atomic E-state index is 6.03. The molecule has 6 nitrogen and oxygen atoms in total. The van der Waals surface area contributed by atoms with Crippen molar-refractivity contribution in [1.82, 2.24) is 9.97 Å². The highest BCUT2D eigenvalue weighted by molar-refractivity contribution is 5.85. The molecule has 1 aliphatic heterocycles. The Kier molecular flexibility index (Phi) is 8.01. The molecule has 0 bridgehead atoms. The normalized spacial score (nSPS) is 21.8. The molecule has 0 saturated carbocycles. The number of ether oxygens (including phenoxy) is 1. The van der Waals surface area contributed by atoms with Crippen LogP contribution in [0.25, 0.3) is 0 Å². The largest absolute Gasteiger partial charge is 0.379 e. The molecule has 1 aromatic heterocycles. The van der Waals surface area contributed by atoms with E-state index < -0.39 is 0 Å². The van der Waals surface area contributed by atoms with Crippen LogP contribution in [0.2, 0.25) is 0 Å². The standard InChI is InChI=1S/C11H19N5O.2ClH/c1-16(2)11-5-10(13-7-14-11)15-9-6-17-4-3-8(9)12;;/h5,7-9H,3-4,6,12H2,1-2H3,(H,13,14,15);2*1H/t8-,9+;;/m0../s1. The molecule has 8 heteroatoms. The lowest BCUT2D eigenvalue weighted by molar-refractivity contribution is 0.0767. The zero-order valence-corrected chi connectivity index (χ0v) is 12.7. The number of nitrogens with one attached hydrogen (secondary N) is 1. The van der Waals surface area contributed by atoms with E-state index in [4.69, 9.17) is 10.5 Å². The maximum absolute atomic E-state index is 6.03. The summed E-state index contributed by atoms with van der Waals surface area (Å²) in [7, 11) is 3.89. The van der Waals surface area contributed by atoms with Crippen molar-refractivity contribution in [2.45, 2.75) is 18.5 Å². The molecular formula is C11H21Cl2N5O. The second kappa shape index (κ2) is 8.37. The van der Waals surface area contributed by atoms with Crippen LogP contribution in [0, 0.1) is 0 Å². The van der Waals surface area contributed by atoms with Gasteiger partial charge in [-0.15, -0.1) is 24.8 Å². The zero-order valence-electron chi connectivity index (χ0n) is 11.1. The molecule has 1 saturated heterocycles. The fourth-order valence-electron chi connectivity index (χ4n) is 1.76. The van der Waals surface area contributed by atoms with Crippen LogP contribution in [0.5, 0.6) is 0 Å². The van der Waals surface area contributed by atoms with Crippen LogP contribution in [0.4, 0.5) is 11.6 Å². The second-order valence-electron chi connectivity index (χ2n) is 4.43. The first-order valence-corrected chi connectivity index (χ1v) is 5.76. The Morgan fingerprint density at radius 3 is 2.74 bits per heavy atom. The second-order valence-corrected chi connectivity index (χ2v) is 4.43. The third-order valence-corrected chi connectivity index (χ3v) is 2.85. The minimum atomic E-state index is 0. The van der Waals surface area contributed by atoms with Crippen molar-refractivity contribution in [2.75, 3.05) is 37.5 Å². The molecule has 0 unspecified atom stereocenters. The first-order valence-electron chi connectivity index (χ1n) is 5.76. The van der Waals surface area contributed by atoms with Gasteiger partial charge in [0.05, 0.1) is 12.6 Å². The van der Waals surface area contributed by atoms with E-state index in [1.54, 1.807) is 6.33 Å². The van der Waals surface area contributed by atoms with Gasteiger partial charge in [-0.05, 0) is 6.42 Å². The maximum Gasteiger partial charge on any atom is 0.133 e. The van der Waals surface area contributed by atoms with Gasteiger partial charge < -0.3 is 20.7 Å². The minimum absolute atomic E-state index is 0. The fourth-order valence-corrected chi connectivity index (χ4v) is 1.76. The van der Waals surface area contributed by atoms with E-state index in [2.05, 4.69) is 15.3 Å². The van der Waals surface area contributed by atoms with Gasteiger partial charge in [0.25, 0.3) is 0 Å². The van der Waals surface area contributed by atoms with Crippen molar-refractivity contribution >= 4 is 36.4 Å². The Balaban J connectivity index is 0.00000162. The van der Waals surface area contributed by atoms with Gasteiger partial charge in [-0.3, -0.25) is 0 Å². The molecule has 0 aromatic carbocycles. The van der Waals surface area contributed by atoms with Crippen LogP contribution in [0.3, 0.4) is 0 Å². The summed E-state index contributed by atoms with van der Waals surface area (Å²) >= 11 is 0. The highest BCUT2D eigenvalue weighted by Gasteiger charge is 2.22. The highest BCUT2D eigenvalue weighted by atomic mass is 35.5. The minimum Gasteiger partial charge on any atom is -0.379 e. The molecule has 3 N–H and O–H groups in total. The molecule has 2 heterocycles. The molecule has 0 amide bonds. The molecule has 1 aliphatic rings. The van der Waals surface area contributed by atoms with Crippen molar-refractivity contribution in [3.63, 3.8) is 0 Å². The number of hydrogen-bond donors (Lipinski definition) is 2. The Labute approximate surface area is 125 Å². The van der Waals surface area contributed by atoms with Gasteiger partial charge >= 0.3 is 0 Å². The summed E-state index contributed by atoms with van der Waals surface area (Å²) in [6.07, 6.45) is 2.43. The number of anilines is 2. The van der Waals surface area contributed by atoms with Gasteiger partial charge in [0.2, 0.25) is 0 Å². The van der Waals surface area contributed by atoms with E-state index in [0.717, 1.165) is 24.7 Å². The first kappa shape index (κ1) is 18.2. The molecule has 0 aliphatic carbocycles. The number of aromatic nitrogens is 2. The Hall–Kier alpha value is -0.820. The SMILES string of the molecule is CN(C)c1cc(N[C@@H]2COCC[C@@H]2N)ncn1.Cl.Cl. The van der Waals surface area contributed by atoms with Gasteiger partial charge in [-0.2, -0.15) is 0 Å². The Bertz CT molecular complexity index is 380. The summed E-state index contributed by atoms with van der Waals surface area (Å²) in [5.41, 5.74) is 6.03. The average Bonchev–Trinajstić information content (AvgIpc) is 2.32. The Morgan fingerprint density at radius 1 is 1.37 bits per heavy atom. The van der Waals surface area contributed by atoms with Crippen LogP contribution in [-0.2, 0) is 4.74 Å². The van der Waals surface area contributed by atoms with Crippen LogP contribution in [0.1, 0.15) is 6.42 Å². The quantitative estimate of drug-likeness (QED) is 0.864. The van der Waals surface area contributed by atoms with E-state index >= 15 is 0 Å². The molecular weight excluding hydrogens is 289 g/mol. The summed E-state index contributed by atoms with van der Waals surface area (Å²) in [5, 5.41) is 3.30. The van der Waals surface area contributed by atoms with Crippen molar-refractivity contribution in [3.05, 3.63) is 12.4 Å². The van der Waals surface area contributed by atoms with Gasteiger partial charge in [0.1, 0.15) is 18.0 Å². The summed E-state index contributed by atoms with van der Waals surface area (Å²) in [4.78, 5) is 10.3. The smallest absolute Gasteiger partial charge is 0.133 e. The molecule has 2 atom stereocenters. The van der Waals surface area contributed by atoms with Gasteiger partial charge in [-0.25, -0.2) is 9.97 Å².